The molecule has 1 aromatic carbocycles. The van der Waals surface area contributed by atoms with Crippen LogP contribution in [0, 0.1) is 11.6 Å². The van der Waals surface area contributed by atoms with E-state index in [1.54, 1.807) is 13.0 Å². The lowest BCUT2D eigenvalue weighted by Gasteiger charge is -2.21. The van der Waals surface area contributed by atoms with Crippen molar-refractivity contribution in [2.24, 2.45) is 0 Å². The molecule has 10 heteroatoms. The number of nitrogens with zero attached hydrogens (tertiary/aromatic N) is 1. The predicted octanol–water partition coefficient (Wildman–Crippen LogP) is 2.76. The predicted molar refractivity (Wildman–Crippen MR) is 101 cm³/mol. The van der Waals surface area contributed by atoms with Gasteiger partial charge < -0.3 is 15.2 Å². The molecule has 0 amide bonds. The minimum atomic E-state index is -3.77. The number of hydrogen-bond donors (Lipinski definition) is 3. The lowest BCUT2D eigenvalue weighted by Crippen LogP contribution is -2.20. The number of halogens is 2. The van der Waals surface area contributed by atoms with E-state index in [9.17, 15) is 22.3 Å². The lowest BCUT2D eigenvalue weighted by molar-refractivity contribution is 0.142. The van der Waals surface area contributed by atoms with Gasteiger partial charge in [0, 0.05) is 18.0 Å². The van der Waals surface area contributed by atoms with Gasteiger partial charge in [0.2, 0.25) is 10.0 Å². The first-order valence-corrected chi connectivity index (χ1v) is 10.4. The molecule has 0 saturated heterocycles. The van der Waals surface area contributed by atoms with Crippen LogP contribution in [0.25, 0.3) is 0 Å². The van der Waals surface area contributed by atoms with Crippen molar-refractivity contribution < 1.29 is 27.0 Å². The molecule has 2 unspecified atom stereocenters. The Morgan fingerprint density at radius 2 is 2.18 bits per heavy atom. The second-order valence-electron chi connectivity index (χ2n) is 6.49. The van der Waals surface area contributed by atoms with Crippen LogP contribution >= 0.6 is 0 Å². The van der Waals surface area contributed by atoms with Gasteiger partial charge >= 0.3 is 0 Å². The Kier molecular flexibility index (Phi) is 5.71. The van der Waals surface area contributed by atoms with Gasteiger partial charge in [-0.05, 0) is 24.6 Å². The fourth-order valence-electron chi connectivity index (χ4n) is 3.21. The average Bonchev–Trinajstić information content (AvgIpc) is 3.07. The van der Waals surface area contributed by atoms with E-state index >= 15 is 0 Å². The molecule has 152 valence electrons. The molecule has 3 rings (SSSR count). The number of fused-ring (bicyclic) bond motifs is 1. The van der Waals surface area contributed by atoms with E-state index in [4.69, 9.17) is 4.74 Å². The fraction of sp³-hybridized carbons (Fsp3) is 0.389. The van der Waals surface area contributed by atoms with Crippen molar-refractivity contribution in [3.63, 3.8) is 0 Å². The number of aliphatic hydroxyl groups is 1. The monoisotopic (exact) mass is 413 g/mol. The molecule has 1 aliphatic heterocycles. The number of ether oxygens (including phenoxy) is 1. The van der Waals surface area contributed by atoms with Gasteiger partial charge in [0.1, 0.15) is 17.4 Å². The molecule has 0 spiro atoms. The van der Waals surface area contributed by atoms with Gasteiger partial charge in [0.15, 0.2) is 5.82 Å². The molecule has 0 radical (unpaired) electrons. The topological polar surface area (TPSA) is 101 Å². The Balaban J connectivity index is 1.97. The van der Waals surface area contributed by atoms with Gasteiger partial charge in [-0.3, -0.25) is 4.72 Å². The number of sulfonamides is 1. The van der Waals surface area contributed by atoms with Crippen LogP contribution in [0.4, 0.5) is 20.3 Å². The number of methoxy groups -OCH3 is 1. The summed E-state index contributed by atoms with van der Waals surface area (Å²) in [4.78, 5) is 4.16. The highest BCUT2D eigenvalue weighted by Gasteiger charge is 2.35. The highest BCUT2D eigenvalue weighted by molar-refractivity contribution is 7.92. The van der Waals surface area contributed by atoms with Gasteiger partial charge in [-0.2, -0.15) is 0 Å². The lowest BCUT2D eigenvalue weighted by atomic mass is 9.90. The number of pyridine rings is 1. The smallest absolute Gasteiger partial charge is 0.232 e. The number of benzene rings is 1. The summed E-state index contributed by atoms with van der Waals surface area (Å²) in [6.45, 7) is 1.88. The molecule has 7 nitrogen and oxygen atoms in total. The molecule has 2 aromatic rings. The van der Waals surface area contributed by atoms with E-state index in [2.05, 4.69) is 15.0 Å². The van der Waals surface area contributed by atoms with Crippen LogP contribution in [0.3, 0.4) is 0 Å². The van der Waals surface area contributed by atoms with Crippen molar-refractivity contribution in [1.29, 1.82) is 0 Å². The van der Waals surface area contributed by atoms with E-state index in [1.165, 1.54) is 13.3 Å². The summed E-state index contributed by atoms with van der Waals surface area (Å²) in [6, 6.07) is 3.57. The Morgan fingerprint density at radius 1 is 1.43 bits per heavy atom. The van der Waals surface area contributed by atoms with Crippen LogP contribution in [0.1, 0.15) is 36.5 Å². The average molecular weight is 413 g/mol. The normalized spacial score (nSPS) is 17.0. The molecule has 0 aliphatic carbocycles. The van der Waals surface area contributed by atoms with Crippen LogP contribution in [0.2, 0.25) is 0 Å². The van der Waals surface area contributed by atoms with Crippen molar-refractivity contribution in [2.75, 3.05) is 29.4 Å². The second kappa shape index (κ2) is 7.88. The quantitative estimate of drug-likeness (QED) is 0.645. The molecule has 0 saturated carbocycles. The Bertz CT molecular complexity index is 985. The van der Waals surface area contributed by atoms with Gasteiger partial charge in [-0.1, -0.05) is 6.92 Å². The van der Waals surface area contributed by atoms with E-state index in [0.29, 0.717) is 23.6 Å². The van der Waals surface area contributed by atoms with Crippen molar-refractivity contribution in [1.82, 2.24) is 4.98 Å². The SMILES string of the molecule is CCCS(=O)(=O)Nc1ccc(F)c(C(O)C2CNc3ncc(OC)cc32)c1F. The van der Waals surface area contributed by atoms with Gasteiger partial charge in [0.25, 0.3) is 0 Å². The zero-order valence-electron chi connectivity index (χ0n) is 15.4. The molecule has 3 N–H and O–H groups in total. The van der Waals surface area contributed by atoms with E-state index in [0.717, 1.165) is 12.1 Å². The highest BCUT2D eigenvalue weighted by Crippen LogP contribution is 2.42. The third-order valence-electron chi connectivity index (χ3n) is 4.56. The third-order valence-corrected chi connectivity index (χ3v) is 6.04. The summed E-state index contributed by atoms with van der Waals surface area (Å²) < 4.78 is 60.5. The minimum Gasteiger partial charge on any atom is -0.495 e. The van der Waals surface area contributed by atoms with Crippen LogP contribution in [0.5, 0.6) is 5.75 Å². The molecule has 0 bridgehead atoms. The standard InChI is InChI=1S/C18H21F2N3O4S/c1-3-6-28(25,26)23-14-5-4-13(19)15(16(14)20)17(24)12-9-22-18-11(12)7-10(27-2)8-21-18/h4-5,7-8,12,17,23-24H,3,6,9H2,1-2H3,(H,21,22). The number of hydrogen-bond acceptors (Lipinski definition) is 6. The van der Waals surface area contributed by atoms with Crippen molar-refractivity contribution in [2.45, 2.75) is 25.4 Å². The third kappa shape index (κ3) is 3.88. The molecular weight excluding hydrogens is 392 g/mol. The zero-order chi connectivity index (χ0) is 20.5. The minimum absolute atomic E-state index is 0.201. The van der Waals surface area contributed by atoms with Crippen molar-refractivity contribution in [3.8, 4) is 5.75 Å². The summed E-state index contributed by atoms with van der Waals surface area (Å²) in [6.07, 6.45) is 0.274. The maximum atomic E-state index is 14.9. The summed E-state index contributed by atoms with van der Waals surface area (Å²) in [7, 11) is -2.31. The Labute approximate surface area is 161 Å². The molecular formula is C18H21F2N3O4S. The number of anilines is 2. The van der Waals surface area contributed by atoms with E-state index in [1.807, 2.05) is 0 Å². The molecule has 0 fully saturated rings. The van der Waals surface area contributed by atoms with Crippen LogP contribution in [-0.2, 0) is 10.0 Å². The number of aromatic nitrogens is 1. The Morgan fingerprint density at radius 3 is 2.86 bits per heavy atom. The molecule has 1 aromatic heterocycles. The Hall–Kier alpha value is -2.46. The van der Waals surface area contributed by atoms with Gasteiger partial charge in [-0.15, -0.1) is 0 Å². The first-order chi connectivity index (χ1) is 13.3. The largest absolute Gasteiger partial charge is 0.495 e. The molecule has 2 heterocycles. The van der Waals surface area contributed by atoms with Gasteiger partial charge in [-0.25, -0.2) is 22.2 Å². The van der Waals surface area contributed by atoms with E-state index < -0.39 is 44.9 Å². The molecule has 28 heavy (non-hydrogen) atoms. The number of nitrogens with one attached hydrogen (secondary N) is 2. The molecule has 2 atom stereocenters. The number of aliphatic hydroxyl groups excluding tert-OH is 1. The van der Waals surface area contributed by atoms with Crippen LogP contribution in [-0.4, -0.2) is 37.9 Å². The van der Waals surface area contributed by atoms with Crippen molar-refractivity contribution in [3.05, 3.63) is 47.2 Å². The highest BCUT2D eigenvalue weighted by atomic mass is 32.2. The van der Waals surface area contributed by atoms with Crippen LogP contribution in [0.15, 0.2) is 24.4 Å². The summed E-state index contributed by atoms with van der Waals surface area (Å²) >= 11 is 0. The maximum absolute atomic E-state index is 14.9. The van der Waals surface area contributed by atoms with Crippen molar-refractivity contribution >= 4 is 21.5 Å². The fourth-order valence-corrected chi connectivity index (χ4v) is 4.34. The zero-order valence-corrected chi connectivity index (χ0v) is 16.2. The van der Waals surface area contributed by atoms with E-state index in [-0.39, 0.29) is 12.3 Å². The maximum Gasteiger partial charge on any atom is 0.232 e. The number of rotatable bonds is 7. The van der Waals surface area contributed by atoms with Gasteiger partial charge in [0.05, 0.1) is 36.4 Å². The summed E-state index contributed by atoms with van der Waals surface area (Å²) in [5.41, 5.74) is -0.444. The van der Waals surface area contributed by atoms with Crippen LogP contribution < -0.4 is 14.8 Å². The molecule has 1 aliphatic rings. The first kappa shape index (κ1) is 20.3. The summed E-state index contributed by atoms with van der Waals surface area (Å²) in [5.74, 6) is -2.06. The second-order valence-corrected chi connectivity index (χ2v) is 8.33. The summed E-state index contributed by atoms with van der Waals surface area (Å²) in [5, 5.41) is 13.7. The first-order valence-electron chi connectivity index (χ1n) is 8.71.